The standard InChI is InChI=1S/C14H14BrN5O/c1-3-16-13-6-10(9-7-17-20(2)8-9)18-14(19-13)11-4-5-12(15)21-11/h4-8H,3H2,1-2H3,(H,16,18,19). The third-order valence-electron chi connectivity index (χ3n) is 2.88. The summed E-state index contributed by atoms with van der Waals surface area (Å²) in [5, 5.41) is 7.39. The Bertz CT molecular complexity index is 706. The highest BCUT2D eigenvalue weighted by atomic mass is 79.9. The van der Waals surface area contributed by atoms with E-state index >= 15 is 0 Å². The van der Waals surface area contributed by atoms with E-state index in [0.717, 1.165) is 23.6 Å². The van der Waals surface area contributed by atoms with E-state index in [-0.39, 0.29) is 0 Å². The van der Waals surface area contributed by atoms with Crippen molar-refractivity contribution in [3.63, 3.8) is 0 Å². The van der Waals surface area contributed by atoms with E-state index < -0.39 is 0 Å². The van der Waals surface area contributed by atoms with Crippen molar-refractivity contribution in [3.05, 3.63) is 35.3 Å². The zero-order valence-corrected chi connectivity index (χ0v) is 13.3. The van der Waals surface area contributed by atoms with E-state index in [1.54, 1.807) is 10.9 Å². The highest BCUT2D eigenvalue weighted by Crippen LogP contribution is 2.26. The third kappa shape index (κ3) is 2.97. The van der Waals surface area contributed by atoms with Gasteiger partial charge in [0.15, 0.2) is 16.3 Å². The van der Waals surface area contributed by atoms with Gasteiger partial charge in [-0.1, -0.05) is 0 Å². The zero-order chi connectivity index (χ0) is 14.8. The van der Waals surface area contributed by atoms with E-state index in [0.29, 0.717) is 16.3 Å². The number of nitrogens with one attached hydrogen (secondary N) is 1. The minimum atomic E-state index is 0.540. The summed E-state index contributed by atoms with van der Waals surface area (Å²) in [6.07, 6.45) is 3.69. The molecule has 0 bridgehead atoms. The summed E-state index contributed by atoms with van der Waals surface area (Å²) in [6, 6.07) is 5.56. The number of hydrogen-bond acceptors (Lipinski definition) is 5. The molecule has 0 aliphatic rings. The van der Waals surface area contributed by atoms with Gasteiger partial charge in [0.1, 0.15) is 5.82 Å². The normalized spacial score (nSPS) is 10.8. The van der Waals surface area contributed by atoms with Gasteiger partial charge in [-0.15, -0.1) is 0 Å². The first-order valence-corrected chi connectivity index (χ1v) is 7.32. The molecule has 0 saturated heterocycles. The van der Waals surface area contributed by atoms with E-state index in [9.17, 15) is 0 Å². The summed E-state index contributed by atoms with van der Waals surface area (Å²) in [7, 11) is 1.88. The summed E-state index contributed by atoms with van der Waals surface area (Å²) < 4.78 is 7.94. The number of anilines is 1. The fraction of sp³-hybridized carbons (Fsp3) is 0.214. The quantitative estimate of drug-likeness (QED) is 0.783. The second-order valence-electron chi connectivity index (χ2n) is 4.50. The number of hydrogen-bond donors (Lipinski definition) is 1. The van der Waals surface area contributed by atoms with Crippen LogP contribution in [0.25, 0.3) is 22.8 Å². The largest absolute Gasteiger partial charge is 0.446 e. The van der Waals surface area contributed by atoms with Crippen molar-refractivity contribution in [1.82, 2.24) is 19.7 Å². The van der Waals surface area contributed by atoms with Crippen molar-refractivity contribution >= 4 is 21.7 Å². The van der Waals surface area contributed by atoms with Crippen LogP contribution in [-0.2, 0) is 7.05 Å². The molecule has 0 fully saturated rings. The molecule has 7 heteroatoms. The maximum absolute atomic E-state index is 5.54. The molecular weight excluding hydrogens is 334 g/mol. The average Bonchev–Trinajstić information content (AvgIpc) is 3.08. The van der Waals surface area contributed by atoms with Gasteiger partial charge in [0, 0.05) is 31.4 Å². The number of rotatable bonds is 4. The minimum Gasteiger partial charge on any atom is -0.446 e. The molecule has 0 aliphatic heterocycles. The van der Waals surface area contributed by atoms with Gasteiger partial charge in [-0.25, -0.2) is 9.97 Å². The Labute approximate surface area is 130 Å². The SMILES string of the molecule is CCNc1cc(-c2cnn(C)c2)nc(-c2ccc(Br)o2)n1. The molecule has 6 nitrogen and oxygen atoms in total. The molecule has 0 radical (unpaired) electrons. The zero-order valence-electron chi connectivity index (χ0n) is 11.7. The highest BCUT2D eigenvalue weighted by Gasteiger charge is 2.12. The lowest BCUT2D eigenvalue weighted by atomic mass is 10.2. The molecule has 0 atom stereocenters. The molecule has 0 amide bonds. The van der Waals surface area contributed by atoms with Crippen molar-refractivity contribution in [2.24, 2.45) is 7.05 Å². The highest BCUT2D eigenvalue weighted by molar-refractivity contribution is 9.10. The molecule has 0 spiro atoms. The van der Waals surface area contributed by atoms with Gasteiger partial charge in [0.05, 0.1) is 11.9 Å². The van der Waals surface area contributed by atoms with Crippen LogP contribution in [0.1, 0.15) is 6.92 Å². The minimum absolute atomic E-state index is 0.540. The van der Waals surface area contributed by atoms with Crippen LogP contribution in [0.4, 0.5) is 5.82 Å². The van der Waals surface area contributed by atoms with Crippen LogP contribution >= 0.6 is 15.9 Å². The van der Waals surface area contributed by atoms with Crippen LogP contribution in [0.15, 0.2) is 39.7 Å². The number of nitrogens with zero attached hydrogens (tertiary/aromatic N) is 4. The lowest BCUT2D eigenvalue weighted by molar-refractivity contribution is 0.551. The molecule has 108 valence electrons. The molecular formula is C14H14BrN5O. The number of aryl methyl sites for hydroxylation is 1. The van der Waals surface area contributed by atoms with Crippen molar-refractivity contribution in [2.45, 2.75) is 6.92 Å². The topological polar surface area (TPSA) is 68.8 Å². The van der Waals surface area contributed by atoms with Gasteiger partial charge in [-0.3, -0.25) is 4.68 Å². The van der Waals surface area contributed by atoms with Crippen LogP contribution in [-0.4, -0.2) is 26.3 Å². The molecule has 3 aromatic heterocycles. The monoisotopic (exact) mass is 347 g/mol. The number of aromatic nitrogens is 4. The first kappa shape index (κ1) is 13.8. The van der Waals surface area contributed by atoms with Crippen molar-refractivity contribution < 1.29 is 4.42 Å². The lowest BCUT2D eigenvalue weighted by Gasteiger charge is -2.06. The Hall–Kier alpha value is -2.15. The summed E-state index contributed by atoms with van der Waals surface area (Å²) in [5.74, 6) is 1.92. The predicted octanol–water partition coefficient (Wildman–Crippen LogP) is 3.33. The number of halogens is 1. The molecule has 3 rings (SSSR count). The molecule has 21 heavy (non-hydrogen) atoms. The average molecular weight is 348 g/mol. The van der Waals surface area contributed by atoms with E-state index in [1.165, 1.54) is 0 Å². The summed E-state index contributed by atoms with van der Waals surface area (Å²) in [5.41, 5.74) is 1.74. The fourth-order valence-electron chi connectivity index (χ4n) is 1.96. The summed E-state index contributed by atoms with van der Waals surface area (Å²) in [6.45, 7) is 2.81. The van der Waals surface area contributed by atoms with Crippen molar-refractivity contribution in [2.75, 3.05) is 11.9 Å². The maximum atomic E-state index is 5.54. The van der Waals surface area contributed by atoms with E-state index in [1.807, 2.05) is 38.4 Å². The summed E-state index contributed by atoms with van der Waals surface area (Å²) >= 11 is 3.29. The molecule has 0 unspecified atom stereocenters. The Morgan fingerprint density at radius 2 is 2.19 bits per heavy atom. The lowest BCUT2D eigenvalue weighted by Crippen LogP contribution is -2.02. The van der Waals surface area contributed by atoms with E-state index in [4.69, 9.17) is 4.42 Å². The van der Waals surface area contributed by atoms with Gasteiger partial charge >= 0.3 is 0 Å². The fourth-order valence-corrected chi connectivity index (χ4v) is 2.27. The second kappa shape index (κ2) is 5.69. The van der Waals surface area contributed by atoms with Crippen LogP contribution in [0.3, 0.4) is 0 Å². The summed E-state index contributed by atoms with van der Waals surface area (Å²) in [4.78, 5) is 9.04. The van der Waals surface area contributed by atoms with Gasteiger partial charge in [-0.2, -0.15) is 5.10 Å². The van der Waals surface area contributed by atoms with Crippen molar-refractivity contribution in [1.29, 1.82) is 0 Å². The number of furan rings is 1. The maximum Gasteiger partial charge on any atom is 0.198 e. The van der Waals surface area contributed by atoms with E-state index in [2.05, 4.69) is 36.3 Å². The molecule has 0 aromatic carbocycles. The van der Waals surface area contributed by atoms with Gasteiger partial charge in [-0.05, 0) is 35.0 Å². The first-order chi connectivity index (χ1) is 10.2. The van der Waals surface area contributed by atoms with Gasteiger partial charge in [0.25, 0.3) is 0 Å². The molecule has 1 N–H and O–H groups in total. The Morgan fingerprint density at radius 3 is 2.81 bits per heavy atom. The Morgan fingerprint density at radius 1 is 1.33 bits per heavy atom. The van der Waals surface area contributed by atoms with Crippen LogP contribution in [0.2, 0.25) is 0 Å². The molecule has 0 aliphatic carbocycles. The third-order valence-corrected chi connectivity index (χ3v) is 3.30. The Kier molecular flexibility index (Phi) is 3.74. The first-order valence-electron chi connectivity index (χ1n) is 6.53. The molecule has 3 heterocycles. The van der Waals surface area contributed by atoms with Crippen LogP contribution in [0.5, 0.6) is 0 Å². The van der Waals surface area contributed by atoms with Gasteiger partial charge < -0.3 is 9.73 Å². The predicted molar refractivity (Wildman–Crippen MR) is 83.8 cm³/mol. The van der Waals surface area contributed by atoms with Crippen LogP contribution in [0, 0.1) is 0 Å². The van der Waals surface area contributed by atoms with Gasteiger partial charge in [0.2, 0.25) is 0 Å². The second-order valence-corrected chi connectivity index (χ2v) is 5.28. The molecule has 3 aromatic rings. The Balaban J connectivity index is 2.09. The molecule has 0 saturated carbocycles. The van der Waals surface area contributed by atoms with Crippen molar-refractivity contribution in [3.8, 4) is 22.8 Å². The smallest absolute Gasteiger partial charge is 0.198 e. The van der Waals surface area contributed by atoms with Crippen LogP contribution < -0.4 is 5.32 Å².